The number of hydrogen-bond donors (Lipinski definition) is 0. The molecule has 5 rings (SSSR count). The highest BCUT2D eigenvalue weighted by Crippen LogP contribution is 2.93. The lowest BCUT2D eigenvalue weighted by Crippen LogP contribution is -2.41. The van der Waals surface area contributed by atoms with Crippen LogP contribution in [-0.2, 0) is 0 Å². The second-order valence-electron chi connectivity index (χ2n) is 8.56. The Morgan fingerprint density at radius 3 is 2.65 bits per heavy atom. The number of hydrogen-bond acceptors (Lipinski definition) is 0. The molecule has 110 valence electrons. The minimum atomic E-state index is -0.0379. The van der Waals surface area contributed by atoms with Crippen molar-refractivity contribution in [1.82, 2.24) is 0 Å². The lowest BCUT2D eigenvalue weighted by Gasteiger charge is -2.48. The molecule has 2 saturated carbocycles. The molecule has 0 aromatic rings. The Balaban J connectivity index is 1.51. The molecular weight excluding hydrogens is 260 g/mol. The SMILES string of the molecule is C=CC1CCC2(C)CCC3C4CS34CC2C1C=C1CC1. The van der Waals surface area contributed by atoms with Crippen LogP contribution >= 0.6 is 10.0 Å². The van der Waals surface area contributed by atoms with Crippen LogP contribution in [0.1, 0.15) is 45.4 Å². The van der Waals surface area contributed by atoms with E-state index < -0.39 is 0 Å². The van der Waals surface area contributed by atoms with Crippen LogP contribution in [0, 0.1) is 23.2 Å². The van der Waals surface area contributed by atoms with Crippen molar-refractivity contribution in [3.63, 3.8) is 0 Å². The molecule has 2 aliphatic carbocycles. The summed E-state index contributed by atoms with van der Waals surface area (Å²) in [6, 6.07) is 0. The molecule has 5 fully saturated rings. The van der Waals surface area contributed by atoms with Gasteiger partial charge < -0.3 is 0 Å². The highest BCUT2D eigenvalue weighted by Gasteiger charge is 2.75. The van der Waals surface area contributed by atoms with Gasteiger partial charge in [-0.1, -0.05) is 24.6 Å². The first-order chi connectivity index (χ1) is 9.66. The van der Waals surface area contributed by atoms with Gasteiger partial charge in [-0.15, -0.1) is 6.58 Å². The minimum Gasteiger partial charge on any atom is -0.231 e. The van der Waals surface area contributed by atoms with Crippen LogP contribution in [0.2, 0.25) is 0 Å². The fourth-order valence-corrected chi connectivity index (χ4v) is 11.2. The summed E-state index contributed by atoms with van der Waals surface area (Å²) >= 11 is 0. The van der Waals surface area contributed by atoms with Crippen molar-refractivity contribution in [3.8, 4) is 0 Å². The lowest BCUT2D eigenvalue weighted by atomic mass is 9.58. The molecule has 3 saturated heterocycles. The van der Waals surface area contributed by atoms with Crippen LogP contribution in [0.15, 0.2) is 24.3 Å². The molecule has 0 N–H and O–H groups in total. The van der Waals surface area contributed by atoms with Gasteiger partial charge >= 0.3 is 0 Å². The number of fused-ring (bicyclic) bond motifs is 2. The minimum absolute atomic E-state index is 0.0379. The lowest BCUT2D eigenvalue weighted by molar-refractivity contribution is 0.0623. The van der Waals surface area contributed by atoms with Gasteiger partial charge in [-0.3, -0.25) is 0 Å². The Bertz CT molecular complexity index is 500. The Labute approximate surface area is 125 Å². The Morgan fingerprint density at radius 1 is 1.15 bits per heavy atom. The van der Waals surface area contributed by atoms with E-state index in [4.69, 9.17) is 0 Å². The summed E-state index contributed by atoms with van der Waals surface area (Å²) in [7, 11) is -0.0379. The zero-order chi connectivity index (χ0) is 13.5. The van der Waals surface area contributed by atoms with E-state index >= 15 is 0 Å². The maximum atomic E-state index is 4.18. The van der Waals surface area contributed by atoms with E-state index in [1.807, 2.05) is 0 Å². The summed E-state index contributed by atoms with van der Waals surface area (Å²) in [5, 5.41) is 2.49. The van der Waals surface area contributed by atoms with Gasteiger partial charge in [-0.05, 0) is 73.2 Å². The topological polar surface area (TPSA) is 0 Å². The first-order valence-corrected chi connectivity index (χ1v) is 10.8. The second kappa shape index (κ2) is 3.77. The molecule has 1 spiro atoms. The van der Waals surface area contributed by atoms with Gasteiger partial charge in [0.1, 0.15) is 0 Å². The largest absolute Gasteiger partial charge is 0.231 e. The molecule has 3 aliphatic heterocycles. The van der Waals surface area contributed by atoms with Crippen LogP contribution in [0.3, 0.4) is 0 Å². The van der Waals surface area contributed by atoms with Crippen molar-refractivity contribution in [1.29, 1.82) is 0 Å². The first-order valence-electron chi connectivity index (χ1n) is 8.75. The standard InChI is InChI=1S/C19H28S/c1-3-14-6-8-19(2)9-7-17-18-12-20(17,18)11-16(19)15(14)10-13-4-5-13/h3,10,14-18H,1,4-9,11-12H2,2H3. The summed E-state index contributed by atoms with van der Waals surface area (Å²) in [5.41, 5.74) is 2.43. The van der Waals surface area contributed by atoms with Crippen LogP contribution in [-0.4, -0.2) is 22.0 Å². The van der Waals surface area contributed by atoms with Crippen LogP contribution in [0.5, 0.6) is 0 Å². The number of allylic oxidation sites excluding steroid dienone is 3. The van der Waals surface area contributed by atoms with E-state index in [2.05, 4.69) is 25.7 Å². The fraction of sp³-hybridized carbons (Fsp3) is 0.789. The predicted molar refractivity (Wildman–Crippen MR) is 89.5 cm³/mol. The molecule has 7 atom stereocenters. The average molecular weight is 289 g/mol. The molecule has 5 aliphatic rings. The molecule has 0 radical (unpaired) electrons. The Morgan fingerprint density at radius 2 is 1.95 bits per heavy atom. The molecular formula is C19H28S. The van der Waals surface area contributed by atoms with Crippen LogP contribution in [0.25, 0.3) is 0 Å². The average Bonchev–Trinajstić information content (AvgIpc) is 3.26. The summed E-state index contributed by atoms with van der Waals surface area (Å²) in [4.78, 5) is 0. The third-order valence-electron chi connectivity index (χ3n) is 7.57. The fourth-order valence-electron chi connectivity index (χ4n) is 5.73. The Hall–Kier alpha value is -0.170. The van der Waals surface area contributed by atoms with Gasteiger partial charge in [0, 0.05) is 10.5 Å². The van der Waals surface area contributed by atoms with Crippen molar-refractivity contribution in [2.24, 2.45) is 23.2 Å². The van der Waals surface area contributed by atoms with E-state index in [1.165, 1.54) is 42.6 Å². The molecule has 0 amide bonds. The third kappa shape index (κ3) is 1.56. The monoisotopic (exact) mass is 288 g/mol. The smallest absolute Gasteiger partial charge is 0.00729 e. The van der Waals surface area contributed by atoms with Crippen LogP contribution < -0.4 is 0 Å². The van der Waals surface area contributed by atoms with E-state index in [0.717, 1.165) is 17.8 Å². The number of rotatable bonds is 2. The summed E-state index contributed by atoms with van der Waals surface area (Å²) in [6.07, 6.45) is 13.8. The molecule has 0 aromatic heterocycles. The van der Waals surface area contributed by atoms with Gasteiger partial charge in [0.2, 0.25) is 0 Å². The zero-order valence-corrected chi connectivity index (χ0v) is 13.6. The van der Waals surface area contributed by atoms with Gasteiger partial charge in [-0.2, -0.15) is 0 Å². The van der Waals surface area contributed by atoms with Crippen molar-refractivity contribution < 1.29 is 0 Å². The van der Waals surface area contributed by atoms with Crippen molar-refractivity contribution >= 4 is 10.0 Å². The maximum absolute atomic E-state index is 4.18. The highest BCUT2D eigenvalue weighted by atomic mass is 32.3. The summed E-state index contributed by atoms with van der Waals surface area (Å²) < 4.78 is 0. The first kappa shape index (κ1) is 12.4. The normalized spacial score (nSPS) is 61.9. The van der Waals surface area contributed by atoms with Crippen molar-refractivity contribution in [3.05, 3.63) is 24.3 Å². The van der Waals surface area contributed by atoms with E-state index in [1.54, 1.807) is 23.5 Å². The zero-order valence-electron chi connectivity index (χ0n) is 12.8. The Kier molecular flexibility index (Phi) is 2.34. The molecule has 3 heterocycles. The van der Waals surface area contributed by atoms with Gasteiger partial charge in [-0.25, -0.2) is 10.0 Å². The van der Waals surface area contributed by atoms with Gasteiger partial charge in [0.15, 0.2) is 0 Å². The molecule has 0 aromatic carbocycles. The van der Waals surface area contributed by atoms with Gasteiger partial charge in [0.25, 0.3) is 0 Å². The third-order valence-corrected chi connectivity index (χ3v) is 12.3. The van der Waals surface area contributed by atoms with E-state index in [9.17, 15) is 0 Å². The highest BCUT2D eigenvalue weighted by molar-refractivity contribution is 8.47. The molecule has 7 unspecified atom stereocenters. The molecule has 20 heavy (non-hydrogen) atoms. The molecule has 0 bridgehead atoms. The summed E-state index contributed by atoms with van der Waals surface area (Å²) in [5.74, 6) is 5.96. The van der Waals surface area contributed by atoms with E-state index in [-0.39, 0.29) is 10.0 Å². The quantitative estimate of drug-likeness (QED) is 0.500. The maximum Gasteiger partial charge on any atom is 0.00729 e. The predicted octanol–water partition coefficient (Wildman–Crippen LogP) is 4.90. The van der Waals surface area contributed by atoms with Crippen molar-refractivity contribution in [2.75, 3.05) is 11.5 Å². The van der Waals surface area contributed by atoms with Crippen LogP contribution in [0.4, 0.5) is 0 Å². The molecule has 1 heteroatoms. The van der Waals surface area contributed by atoms with Crippen molar-refractivity contribution in [2.45, 2.75) is 55.9 Å². The summed E-state index contributed by atoms with van der Waals surface area (Å²) in [6.45, 7) is 6.83. The molecule has 0 nitrogen and oxygen atoms in total. The second-order valence-corrected chi connectivity index (χ2v) is 12.4. The van der Waals surface area contributed by atoms with Gasteiger partial charge in [0.05, 0.1) is 0 Å². The van der Waals surface area contributed by atoms with E-state index in [0.29, 0.717) is 5.41 Å².